The minimum atomic E-state index is -0.957. The molecular formula is C12H12N2O3S. The van der Waals surface area contributed by atoms with Crippen molar-refractivity contribution in [2.75, 3.05) is 19.1 Å². The van der Waals surface area contributed by atoms with E-state index in [0.29, 0.717) is 5.13 Å². The molecule has 2 rings (SSSR count). The molecule has 0 unspecified atom stereocenters. The van der Waals surface area contributed by atoms with Crippen molar-refractivity contribution in [1.82, 2.24) is 4.98 Å². The number of aromatic carboxylic acids is 1. The molecule has 0 bridgehead atoms. The highest BCUT2D eigenvalue weighted by atomic mass is 32.1. The molecule has 0 radical (unpaired) electrons. The first-order valence-electron chi connectivity index (χ1n) is 5.18. The standard InChI is InChI=1S/C12H12N2O3S/c1-14(8-3-5-9(17-2)6-4-8)12-13-7-10(18-12)11(15)16/h3-7H,1-2H3,(H,15,16). The summed E-state index contributed by atoms with van der Waals surface area (Å²) in [7, 11) is 3.45. The molecule has 0 amide bonds. The summed E-state index contributed by atoms with van der Waals surface area (Å²) in [6, 6.07) is 7.47. The molecule has 0 spiro atoms. The van der Waals surface area contributed by atoms with Gasteiger partial charge in [0.2, 0.25) is 0 Å². The molecule has 0 saturated heterocycles. The third-order valence-electron chi connectivity index (χ3n) is 2.45. The predicted molar refractivity (Wildman–Crippen MR) is 70.1 cm³/mol. The van der Waals surface area contributed by atoms with Crippen LogP contribution in [-0.4, -0.2) is 30.2 Å². The van der Waals surface area contributed by atoms with Gasteiger partial charge in [-0.3, -0.25) is 0 Å². The molecule has 6 heteroatoms. The highest BCUT2D eigenvalue weighted by molar-refractivity contribution is 7.17. The number of methoxy groups -OCH3 is 1. The highest BCUT2D eigenvalue weighted by Crippen LogP contribution is 2.29. The number of benzene rings is 1. The van der Waals surface area contributed by atoms with Crippen molar-refractivity contribution in [1.29, 1.82) is 0 Å². The number of nitrogens with zero attached hydrogens (tertiary/aromatic N) is 2. The van der Waals surface area contributed by atoms with Crippen LogP contribution >= 0.6 is 11.3 Å². The van der Waals surface area contributed by atoms with Crippen LogP contribution in [0.2, 0.25) is 0 Å². The molecule has 0 aliphatic rings. The summed E-state index contributed by atoms with van der Waals surface area (Å²) in [6.45, 7) is 0. The van der Waals surface area contributed by atoms with Gasteiger partial charge >= 0.3 is 5.97 Å². The molecule has 2 aromatic rings. The van der Waals surface area contributed by atoms with E-state index in [4.69, 9.17) is 9.84 Å². The molecule has 0 aliphatic heterocycles. The molecule has 94 valence electrons. The first-order valence-corrected chi connectivity index (χ1v) is 6.00. The van der Waals surface area contributed by atoms with Gasteiger partial charge in [0.25, 0.3) is 0 Å². The zero-order valence-electron chi connectivity index (χ0n) is 9.95. The first kappa shape index (κ1) is 12.4. The van der Waals surface area contributed by atoms with E-state index in [1.54, 1.807) is 7.11 Å². The topological polar surface area (TPSA) is 62.7 Å². The minimum Gasteiger partial charge on any atom is -0.497 e. The van der Waals surface area contributed by atoms with Crippen molar-refractivity contribution in [2.24, 2.45) is 0 Å². The Morgan fingerprint density at radius 2 is 2.06 bits per heavy atom. The Bertz CT molecular complexity index is 551. The third-order valence-corrected chi connectivity index (χ3v) is 3.51. The number of rotatable bonds is 4. The van der Waals surface area contributed by atoms with Gasteiger partial charge in [0.1, 0.15) is 10.6 Å². The molecule has 5 nitrogen and oxygen atoms in total. The second-order valence-corrected chi connectivity index (χ2v) is 4.58. The van der Waals surface area contributed by atoms with Gasteiger partial charge in [-0.1, -0.05) is 11.3 Å². The van der Waals surface area contributed by atoms with Gasteiger partial charge in [0, 0.05) is 12.7 Å². The second kappa shape index (κ2) is 5.05. The Morgan fingerprint density at radius 1 is 1.39 bits per heavy atom. The van der Waals surface area contributed by atoms with E-state index in [0.717, 1.165) is 22.8 Å². The van der Waals surface area contributed by atoms with Gasteiger partial charge in [-0.25, -0.2) is 9.78 Å². The summed E-state index contributed by atoms with van der Waals surface area (Å²) in [5.41, 5.74) is 0.919. The number of aromatic nitrogens is 1. The fourth-order valence-corrected chi connectivity index (χ4v) is 2.17. The molecule has 18 heavy (non-hydrogen) atoms. The first-order chi connectivity index (χ1) is 8.61. The summed E-state index contributed by atoms with van der Waals surface area (Å²) in [5, 5.41) is 9.49. The maximum absolute atomic E-state index is 10.8. The number of hydrogen-bond acceptors (Lipinski definition) is 5. The molecule has 1 heterocycles. The predicted octanol–water partition coefficient (Wildman–Crippen LogP) is 2.62. The fourth-order valence-electron chi connectivity index (χ4n) is 1.44. The van der Waals surface area contributed by atoms with E-state index in [-0.39, 0.29) is 4.88 Å². The number of carboxylic acid groups (broad SMARTS) is 1. The van der Waals surface area contributed by atoms with Crippen molar-refractivity contribution in [3.63, 3.8) is 0 Å². The monoisotopic (exact) mass is 264 g/mol. The zero-order valence-corrected chi connectivity index (χ0v) is 10.8. The Kier molecular flexibility index (Phi) is 3.47. The summed E-state index contributed by atoms with van der Waals surface area (Å²) in [6.07, 6.45) is 1.36. The number of carboxylic acids is 1. The summed E-state index contributed by atoms with van der Waals surface area (Å²) >= 11 is 1.14. The van der Waals surface area contributed by atoms with Gasteiger partial charge in [-0.05, 0) is 24.3 Å². The van der Waals surface area contributed by atoms with Crippen molar-refractivity contribution in [3.8, 4) is 5.75 Å². The average molecular weight is 264 g/mol. The van der Waals surface area contributed by atoms with Gasteiger partial charge < -0.3 is 14.7 Å². The lowest BCUT2D eigenvalue weighted by Crippen LogP contribution is -2.08. The number of anilines is 2. The minimum absolute atomic E-state index is 0.227. The van der Waals surface area contributed by atoms with Gasteiger partial charge in [-0.15, -0.1) is 0 Å². The highest BCUT2D eigenvalue weighted by Gasteiger charge is 2.12. The fraction of sp³-hybridized carbons (Fsp3) is 0.167. The summed E-state index contributed by atoms with van der Waals surface area (Å²) in [5.74, 6) is -0.181. The van der Waals surface area contributed by atoms with Crippen LogP contribution in [0.15, 0.2) is 30.5 Å². The van der Waals surface area contributed by atoms with Crippen LogP contribution < -0.4 is 9.64 Å². The van der Waals surface area contributed by atoms with Crippen molar-refractivity contribution < 1.29 is 14.6 Å². The van der Waals surface area contributed by atoms with E-state index < -0.39 is 5.97 Å². The molecule has 0 atom stereocenters. The maximum atomic E-state index is 10.8. The Labute approximate surface area is 108 Å². The smallest absolute Gasteiger partial charge is 0.347 e. The molecular weight excluding hydrogens is 252 g/mol. The van der Waals surface area contributed by atoms with Crippen LogP contribution in [0.25, 0.3) is 0 Å². The van der Waals surface area contributed by atoms with Crippen molar-refractivity contribution in [2.45, 2.75) is 0 Å². The molecule has 0 fully saturated rings. The van der Waals surface area contributed by atoms with Gasteiger partial charge in [0.15, 0.2) is 5.13 Å². The largest absolute Gasteiger partial charge is 0.497 e. The van der Waals surface area contributed by atoms with Crippen molar-refractivity contribution >= 4 is 28.1 Å². The lowest BCUT2D eigenvalue weighted by molar-refractivity contribution is 0.0702. The SMILES string of the molecule is COc1ccc(N(C)c2ncc(C(=O)O)s2)cc1. The lowest BCUT2D eigenvalue weighted by Gasteiger charge is -2.15. The van der Waals surface area contributed by atoms with Crippen LogP contribution in [0.4, 0.5) is 10.8 Å². The summed E-state index contributed by atoms with van der Waals surface area (Å²) in [4.78, 5) is 16.9. The number of thiazole rings is 1. The molecule has 1 N–H and O–H groups in total. The molecule has 1 aromatic heterocycles. The van der Waals surface area contributed by atoms with Gasteiger partial charge in [0.05, 0.1) is 13.3 Å². The lowest BCUT2D eigenvalue weighted by atomic mass is 10.3. The van der Waals surface area contributed by atoms with Crippen LogP contribution in [0.5, 0.6) is 5.75 Å². The molecule has 0 saturated carbocycles. The second-order valence-electron chi connectivity index (χ2n) is 3.57. The van der Waals surface area contributed by atoms with Crippen LogP contribution in [0.3, 0.4) is 0 Å². The number of carbonyl (C=O) groups is 1. The summed E-state index contributed by atoms with van der Waals surface area (Å²) < 4.78 is 5.08. The Hall–Kier alpha value is -2.08. The van der Waals surface area contributed by atoms with E-state index in [2.05, 4.69) is 4.98 Å². The maximum Gasteiger partial charge on any atom is 0.347 e. The number of ether oxygens (including phenoxy) is 1. The quantitative estimate of drug-likeness (QED) is 0.919. The van der Waals surface area contributed by atoms with Crippen LogP contribution in [-0.2, 0) is 0 Å². The normalized spacial score (nSPS) is 10.1. The van der Waals surface area contributed by atoms with E-state index in [1.807, 2.05) is 36.2 Å². The van der Waals surface area contributed by atoms with Crippen molar-refractivity contribution in [3.05, 3.63) is 35.3 Å². The van der Waals surface area contributed by atoms with E-state index in [1.165, 1.54) is 6.20 Å². The van der Waals surface area contributed by atoms with E-state index in [9.17, 15) is 4.79 Å². The van der Waals surface area contributed by atoms with Crippen LogP contribution in [0, 0.1) is 0 Å². The Morgan fingerprint density at radius 3 is 2.56 bits per heavy atom. The van der Waals surface area contributed by atoms with E-state index >= 15 is 0 Å². The average Bonchev–Trinajstić information content (AvgIpc) is 2.88. The molecule has 1 aromatic carbocycles. The third kappa shape index (κ3) is 2.43. The van der Waals surface area contributed by atoms with Gasteiger partial charge in [-0.2, -0.15) is 0 Å². The van der Waals surface area contributed by atoms with Crippen LogP contribution in [0.1, 0.15) is 9.67 Å². The zero-order chi connectivity index (χ0) is 13.1. The Balaban J connectivity index is 2.23. The molecule has 0 aliphatic carbocycles. The number of hydrogen-bond donors (Lipinski definition) is 1.